The van der Waals surface area contributed by atoms with E-state index in [9.17, 15) is 9.59 Å². The van der Waals surface area contributed by atoms with Gasteiger partial charge in [-0.1, -0.05) is 30.3 Å². The van der Waals surface area contributed by atoms with Gasteiger partial charge in [0.2, 0.25) is 5.91 Å². The van der Waals surface area contributed by atoms with Gasteiger partial charge >= 0.3 is 6.03 Å². The van der Waals surface area contributed by atoms with E-state index in [4.69, 9.17) is 9.47 Å². The molecule has 0 aliphatic carbocycles. The van der Waals surface area contributed by atoms with Gasteiger partial charge in [-0.2, -0.15) is 0 Å². The van der Waals surface area contributed by atoms with E-state index in [1.165, 1.54) is 0 Å². The Morgan fingerprint density at radius 3 is 2.62 bits per heavy atom. The summed E-state index contributed by atoms with van der Waals surface area (Å²) in [4.78, 5) is 29.8. The molecule has 1 aromatic heterocycles. The molecule has 1 N–H and O–H groups in total. The Kier molecular flexibility index (Phi) is 5.13. The Labute approximate surface area is 197 Å². The zero-order valence-electron chi connectivity index (χ0n) is 18.7. The van der Waals surface area contributed by atoms with E-state index in [-0.39, 0.29) is 30.4 Å². The number of carbonyl (C=O) groups is 2. The Bertz CT molecular complexity index is 1220. The summed E-state index contributed by atoms with van der Waals surface area (Å²) in [6.45, 7) is 2.77. The van der Waals surface area contributed by atoms with Gasteiger partial charge in [-0.05, 0) is 29.8 Å². The summed E-state index contributed by atoms with van der Waals surface area (Å²) in [6.07, 6.45) is 2.32. The first kappa shape index (κ1) is 20.7. The molecule has 0 spiro atoms. The second-order valence-corrected chi connectivity index (χ2v) is 8.82. The minimum absolute atomic E-state index is 0.0193. The number of ether oxygens (including phenoxy) is 2. The standard InChI is InChI=1S/C26H26N4O4/c31-24-15-19(17-30(24)20-8-9-22-23(16-20)34-14-13-33-22)27-26(32)29-12-11-28-10-4-7-21(28)25(29)18-5-2-1-3-6-18/h1-10,16,19,25H,11-15,17H2,(H,27,32). The average Bonchev–Trinajstić information content (AvgIpc) is 3.49. The van der Waals surface area contributed by atoms with E-state index in [2.05, 4.69) is 34.3 Å². The van der Waals surface area contributed by atoms with Crippen LogP contribution in [-0.2, 0) is 11.3 Å². The molecule has 0 saturated carbocycles. The van der Waals surface area contributed by atoms with Crippen molar-refractivity contribution >= 4 is 17.6 Å². The molecule has 8 nitrogen and oxygen atoms in total. The molecule has 8 heteroatoms. The van der Waals surface area contributed by atoms with Crippen LogP contribution in [0.15, 0.2) is 66.9 Å². The first-order valence-electron chi connectivity index (χ1n) is 11.6. The number of aromatic nitrogens is 1. The fourth-order valence-corrected chi connectivity index (χ4v) is 5.10. The first-order chi connectivity index (χ1) is 16.7. The zero-order valence-corrected chi connectivity index (χ0v) is 18.7. The molecule has 3 aliphatic rings. The summed E-state index contributed by atoms with van der Waals surface area (Å²) in [5.74, 6) is 1.31. The number of hydrogen-bond donors (Lipinski definition) is 1. The van der Waals surface area contributed by atoms with Crippen LogP contribution in [0.5, 0.6) is 11.5 Å². The van der Waals surface area contributed by atoms with E-state index in [0.29, 0.717) is 37.8 Å². The van der Waals surface area contributed by atoms with E-state index in [1.807, 2.05) is 47.4 Å². The lowest BCUT2D eigenvalue weighted by atomic mass is 10.0. The van der Waals surface area contributed by atoms with Crippen LogP contribution >= 0.6 is 0 Å². The fraction of sp³-hybridized carbons (Fsp3) is 0.308. The first-order valence-corrected chi connectivity index (χ1v) is 11.6. The molecule has 2 aromatic carbocycles. The highest BCUT2D eigenvalue weighted by molar-refractivity contribution is 5.97. The Morgan fingerprint density at radius 1 is 0.941 bits per heavy atom. The van der Waals surface area contributed by atoms with Gasteiger partial charge in [0, 0.05) is 49.7 Å². The number of benzene rings is 2. The van der Waals surface area contributed by atoms with E-state index >= 15 is 0 Å². The monoisotopic (exact) mass is 458 g/mol. The highest BCUT2D eigenvalue weighted by Gasteiger charge is 2.36. The lowest BCUT2D eigenvalue weighted by Gasteiger charge is -2.37. The van der Waals surface area contributed by atoms with Crippen LogP contribution in [0.1, 0.15) is 23.7 Å². The lowest BCUT2D eigenvalue weighted by Crippen LogP contribution is -2.50. The van der Waals surface area contributed by atoms with Crippen LogP contribution in [0.2, 0.25) is 0 Å². The molecule has 1 fully saturated rings. The molecular weight excluding hydrogens is 432 g/mol. The Morgan fingerprint density at radius 2 is 1.76 bits per heavy atom. The third kappa shape index (κ3) is 3.65. The van der Waals surface area contributed by atoms with Crippen molar-refractivity contribution in [2.75, 3.05) is 31.2 Å². The van der Waals surface area contributed by atoms with E-state index < -0.39 is 0 Å². The van der Waals surface area contributed by atoms with E-state index in [0.717, 1.165) is 23.5 Å². The quantitative estimate of drug-likeness (QED) is 0.654. The molecule has 3 amide bonds. The summed E-state index contributed by atoms with van der Waals surface area (Å²) < 4.78 is 13.4. The van der Waals surface area contributed by atoms with Crippen molar-refractivity contribution in [3.05, 3.63) is 78.1 Å². The third-order valence-corrected chi connectivity index (χ3v) is 6.70. The topological polar surface area (TPSA) is 76.0 Å². The van der Waals surface area contributed by atoms with Crippen molar-refractivity contribution in [2.45, 2.75) is 25.0 Å². The minimum Gasteiger partial charge on any atom is -0.486 e. The fourth-order valence-electron chi connectivity index (χ4n) is 5.10. The molecule has 2 unspecified atom stereocenters. The third-order valence-electron chi connectivity index (χ3n) is 6.70. The molecule has 3 aliphatic heterocycles. The maximum atomic E-state index is 13.5. The normalized spacial score (nSPS) is 21.4. The van der Waals surface area contributed by atoms with Crippen LogP contribution in [0.3, 0.4) is 0 Å². The number of amides is 3. The second-order valence-electron chi connectivity index (χ2n) is 8.82. The molecule has 0 radical (unpaired) electrons. The number of nitrogens with one attached hydrogen (secondary N) is 1. The lowest BCUT2D eigenvalue weighted by molar-refractivity contribution is -0.117. The van der Waals surface area contributed by atoms with Crippen molar-refractivity contribution in [3.63, 3.8) is 0 Å². The maximum absolute atomic E-state index is 13.5. The van der Waals surface area contributed by atoms with Crippen LogP contribution in [0, 0.1) is 0 Å². The van der Waals surface area contributed by atoms with Gasteiger partial charge in [-0.3, -0.25) is 4.79 Å². The molecule has 6 rings (SSSR count). The second kappa shape index (κ2) is 8.44. The summed E-state index contributed by atoms with van der Waals surface area (Å²) in [5, 5.41) is 3.12. The smallest absolute Gasteiger partial charge is 0.318 e. The molecule has 3 aromatic rings. The van der Waals surface area contributed by atoms with Gasteiger partial charge in [0.1, 0.15) is 13.2 Å². The number of carbonyl (C=O) groups excluding carboxylic acids is 2. The number of rotatable bonds is 3. The Hall–Kier alpha value is -3.94. The van der Waals surface area contributed by atoms with Crippen LogP contribution < -0.4 is 19.7 Å². The van der Waals surface area contributed by atoms with Crippen LogP contribution in [0.25, 0.3) is 0 Å². The van der Waals surface area contributed by atoms with Crippen LogP contribution in [0.4, 0.5) is 10.5 Å². The summed E-state index contributed by atoms with van der Waals surface area (Å²) >= 11 is 0. The molecule has 2 atom stereocenters. The molecule has 174 valence electrons. The summed E-state index contributed by atoms with van der Waals surface area (Å²) in [5.41, 5.74) is 2.91. The predicted molar refractivity (Wildman–Crippen MR) is 126 cm³/mol. The molecular formula is C26H26N4O4. The highest BCUT2D eigenvalue weighted by atomic mass is 16.6. The van der Waals surface area contributed by atoms with Crippen molar-refractivity contribution in [1.29, 1.82) is 0 Å². The summed E-state index contributed by atoms with van der Waals surface area (Å²) in [7, 11) is 0. The number of nitrogens with zero attached hydrogens (tertiary/aromatic N) is 3. The van der Waals surface area contributed by atoms with Crippen molar-refractivity contribution in [1.82, 2.24) is 14.8 Å². The van der Waals surface area contributed by atoms with Gasteiger partial charge in [0.25, 0.3) is 0 Å². The number of anilines is 1. The van der Waals surface area contributed by atoms with Gasteiger partial charge in [0.05, 0.1) is 12.1 Å². The minimum atomic E-state index is -0.265. The van der Waals surface area contributed by atoms with Crippen molar-refractivity contribution in [3.8, 4) is 11.5 Å². The number of hydrogen-bond acceptors (Lipinski definition) is 4. The maximum Gasteiger partial charge on any atom is 0.318 e. The largest absolute Gasteiger partial charge is 0.486 e. The number of fused-ring (bicyclic) bond motifs is 2. The molecule has 34 heavy (non-hydrogen) atoms. The van der Waals surface area contributed by atoms with Gasteiger partial charge in [0.15, 0.2) is 11.5 Å². The summed E-state index contributed by atoms with van der Waals surface area (Å²) in [6, 6.07) is 19.1. The molecule has 4 heterocycles. The van der Waals surface area contributed by atoms with Gasteiger partial charge in [-0.25, -0.2) is 4.79 Å². The zero-order chi connectivity index (χ0) is 23.1. The van der Waals surface area contributed by atoms with Gasteiger partial charge < -0.3 is 29.2 Å². The van der Waals surface area contributed by atoms with Crippen LogP contribution in [-0.4, -0.2) is 53.8 Å². The van der Waals surface area contributed by atoms with Crippen molar-refractivity contribution in [2.24, 2.45) is 0 Å². The van der Waals surface area contributed by atoms with E-state index in [1.54, 1.807) is 4.90 Å². The molecule has 1 saturated heterocycles. The highest BCUT2D eigenvalue weighted by Crippen LogP contribution is 2.36. The predicted octanol–water partition coefficient (Wildman–Crippen LogP) is 3.18. The average molecular weight is 459 g/mol. The molecule has 0 bridgehead atoms. The Balaban J connectivity index is 1.19. The number of urea groups is 1. The van der Waals surface area contributed by atoms with Crippen molar-refractivity contribution < 1.29 is 19.1 Å². The van der Waals surface area contributed by atoms with Gasteiger partial charge in [-0.15, -0.1) is 0 Å². The SMILES string of the molecule is O=C1CC(NC(=O)N2CCn3cccc3C2c2ccccc2)CN1c1ccc2c(c1)OCCO2.